The van der Waals surface area contributed by atoms with Gasteiger partial charge in [-0.2, -0.15) is 18.3 Å². The van der Waals surface area contributed by atoms with E-state index in [9.17, 15) is 22.4 Å². The lowest BCUT2D eigenvalue weighted by Gasteiger charge is -2.17. The summed E-state index contributed by atoms with van der Waals surface area (Å²) in [5.41, 5.74) is 5.12. The Hall–Kier alpha value is -3.63. The van der Waals surface area contributed by atoms with Crippen LogP contribution in [0.3, 0.4) is 0 Å². The van der Waals surface area contributed by atoms with E-state index in [4.69, 9.17) is 5.73 Å². The average molecular weight is 422 g/mol. The van der Waals surface area contributed by atoms with Crippen LogP contribution in [0.2, 0.25) is 0 Å². The van der Waals surface area contributed by atoms with E-state index >= 15 is 0 Å². The van der Waals surface area contributed by atoms with Crippen molar-refractivity contribution in [2.45, 2.75) is 19.8 Å². The Bertz CT molecular complexity index is 1090. The summed E-state index contributed by atoms with van der Waals surface area (Å²) >= 11 is 0. The van der Waals surface area contributed by atoms with Crippen LogP contribution in [0, 0.1) is 6.92 Å². The molecule has 158 valence electrons. The van der Waals surface area contributed by atoms with Crippen LogP contribution in [0.1, 0.15) is 27.2 Å². The molecule has 7 nitrogen and oxygen atoms in total. The number of amides is 1. The molecule has 4 N–H and O–H groups in total. The molecule has 1 amide bonds. The van der Waals surface area contributed by atoms with Gasteiger partial charge in [0.25, 0.3) is 5.91 Å². The molecule has 2 aromatic heterocycles. The molecule has 3 rings (SSSR count). The Labute approximate surface area is 168 Å². The number of aryl methyl sites for hydroxylation is 2. The molecule has 0 saturated carbocycles. The predicted octanol–water partition coefficient (Wildman–Crippen LogP) is 4.20. The van der Waals surface area contributed by atoms with Crippen LogP contribution in [0.25, 0.3) is 0 Å². The second-order valence-corrected chi connectivity index (χ2v) is 6.54. The first-order valence-corrected chi connectivity index (χ1v) is 8.68. The van der Waals surface area contributed by atoms with Crippen molar-refractivity contribution in [1.29, 1.82) is 0 Å². The van der Waals surface area contributed by atoms with Gasteiger partial charge in [0.1, 0.15) is 12.5 Å². The van der Waals surface area contributed by atoms with Gasteiger partial charge in [0.05, 0.1) is 33.9 Å². The lowest BCUT2D eigenvalue weighted by molar-refractivity contribution is -0.137. The highest BCUT2D eigenvalue weighted by molar-refractivity contribution is 5.99. The Morgan fingerprint density at radius 1 is 1.17 bits per heavy atom. The Morgan fingerprint density at radius 2 is 1.90 bits per heavy atom. The van der Waals surface area contributed by atoms with Crippen LogP contribution in [0.15, 0.2) is 36.7 Å². The third-order valence-electron chi connectivity index (χ3n) is 4.26. The van der Waals surface area contributed by atoms with E-state index in [0.717, 1.165) is 6.07 Å². The number of primary amides is 1. The van der Waals surface area contributed by atoms with E-state index in [1.165, 1.54) is 18.2 Å². The van der Waals surface area contributed by atoms with Crippen LogP contribution in [-0.2, 0) is 19.9 Å². The molecule has 0 aliphatic heterocycles. The normalized spacial score (nSPS) is 11.4. The number of nitrogens with two attached hydrogens (primary N) is 1. The molecule has 0 spiro atoms. The molecular formula is C19H18F4N6O. The summed E-state index contributed by atoms with van der Waals surface area (Å²) in [5.74, 6) is -0.751. The molecule has 1 aromatic carbocycles. The molecule has 30 heavy (non-hydrogen) atoms. The molecular weight excluding hydrogens is 404 g/mol. The maximum absolute atomic E-state index is 13.5. The Balaban J connectivity index is 2.06. The number of halogens is 4. The van der Waals surface area contributed by atoms with Gasteiger partial charge in [-0.25, -0.2) is 9.37 Å². The fraction of sp³-hybridized carbons (Fsp3) is 0.211. The van der Waals surface area contributed by atoms with Gasteiger partial charge in [-0.05, 0) is 24.6 Å². The number of benzene rings is 1. The van der Waals surface area contributed by atoms with Gasteiger partial charge >= 0.3 is 6.18 Å². The zero-order valence-electron chi connectivity index (χ0n) is 16.0. The number of carbonyl (C=O) groups excluding carboxylic acids is 1. The molecule has 0 aliphatic carbocycles. The third kappa shape index (κ3) is 4.50. The smallest absolute Gasteiger partial charge is 0.366 e. The van der Waals surface area contributed by atoms with E-state index in [0.29, 0.717) is 17.6 Å². The number of pyridine rings is 1. The second-order valence-electron chi connectivity index (χ2n) is 6.54. The zero-order valence-corrected chi connectivity index (χ0v) is 16.0. The summed E-state index contributed by atoms with van der Waals surface area (Å²) in [4.78, 5) is 15.5. The average Bonchev–Trinajstić information content (AvgIpc) is 2.97. The van der Waals surface area contributed by atoms with Gasteiger partial charge in [-0.1, -0.05) is 6.07 Å². The SMILES string of the molecule is Cc1nn(C)cc1Nc1cc(Nc2cc(CF)ccc2C(N)=O)c(C(F)(F)F)cn1. The van der Waals surface area contributed by atoms with E-state index < -0.39 is 24.3 Å². The minimum Gasteiger partial charge on any atom is -0.366 e. The van der Waals surface area contributed by atoms with Gasteiger partial charge in [-0.3, -0.25) is 9.48 Å². The molecule has 0 bridgehead atoms. The number of carbonyl (C=O) groups is 1. The van der Waals surface area contributed by atoms with Gasteiger partial charge in [0.2, 0.25) is 0 Å². The lowest BCUT2D eigenvalue weighted by Crippen LogP contribution is -2.15. The summed E-state index contributed by atoms with van der Waals surface area (Å²) in [6.45, 7) is 0.871. The molecule has 3 aromatic rings. The Kier molecular flexibility index (Phi) is 5.63. The van der Waals surface area contributed by atoms with Crippen molar-refractivity contribution in [3.8, 4) is 0 Å². The molecule has 0 saturated heterocycles. The van der Waals surface area contributed by atoms with Crippen molar-refractivity contribution in [2.75, 3.05) is 10.6 Å². The third-order valence-corrected chi connectivity index (χ3v) is 4.26. The van der Waals surface area contributed by atoms with Gasteiger partial charge < -0.3 is 16.4 Å². The molecule has 11 heteroatoms. The van der Waals surface area contributed by atoms with E-state index in [-0.39, 0.29) is 28.3 Å². The maximum Gasteiger partial charge on any atom is 0.419 e. The van der Waals surface area contributed by atoms with Crippen LogP contribution < -0.4 is 16.4 Å². The van der Waals surface area contributed by atoms with E-state index in [1.807, 2.05) is 0 Å². The number of nitrogens with zero attached hydrogens (tertiary/aromatic N) is 3. The predicted molar refractivity (Wildman–Crippen MR) is 104 cm³/mol. The van der Waals surface area contributed by atoms with Crippen molar-refractivity contribution >= 4 is 28.8 Å². The molecule has 0 unspecified atom stereocenters. The topological polar surface area (TPSA) is 97.9 Å². The second kappa shape index (κ2) is 8.01. The minimum atomic E-state index is -4.72. The standard InChI is InChI=1S/C19H18F4N6O/c1-10-16(9-29(2)28-10)27-17-6-15(13(8-25-17)19(21,22)23)26-14-5-11(7-20)3-4-12(14)18(24)30/h3-6,8-9H,7H2,1-2H3,(H2,24,30)(H2,25,26,27). The van der Waals surface area contributed by atoms with Gasteiger partial charge in [-0.15, -0.1) is 0 Å². The highest BCUT2D eigenvalue weighted by atomic mass is 19.4. The van der Waals surface area contributed by atoms with Crippen molar-refractivity contribution in [1.82, 2.24) is 14.8 Å². The molecule has 0 radical (unpaired) electrons. The Morgan fingerprint density at radius 3 is 2.47 bits per heavy atom. The van der Waals surface area contributed by atoms with Gasteiger partial charge in [0.15, 0.2) is 0 Å². The fourth-order valence-corrected chi connectivity index (χ4v) is 2.85. The first-order chi connectivity index (χ1) is 14.1. The van der Waals surface area contributed by atoms with Crippen LogP contribution >= 0.6 is 0 Å². The monoisotopic (exact) mass is 422 g/mol. The molecule has 2 heterocycles. The first-order valence-electron chi connectivity index (χ1n) is 8.68. The molecule has 0 aliphatic rings. The first kappa shape index (κ1) is 21.1. The fourth-order valence-electron chi connectivity index (χ4n) is 2.85. The van der Waals surface area contributed by atoms with Crippen LogP contribution in [0.5, 0.6) is 0 Å². The highest BCUT2D eigenvalue weighted by Gasteiger charge is 2.34. The summed E-state index contributed by atoms with van der Waals surface area (Å²) in [6, 6.07) is 4.97. The largest absolute Gasteiger partial charge is 0.419 e. The van der Waals surface area contributed by atoms with Crippen LogP contribution in [-0.4, -0.2) is 20.7 Å². The maximum atomic E-state index is 13.5. The quantitative estimate of drug-likeness (QED) is 0.518. The van der Waals surface area contributed by atoms with Crippen molar-refractivity contribution < 1.29 is 22.4 Å². The minimum absolute atomic E-state index is 0.0436. The summed E-state index contributed by atoms with van der Waals surface area (Å²) in [5, 5.41) is 9.61. The number of alkyl halides is 4. The van der Waals surface area contributed by atoms with E-state index in [1.54, 1.807) is 24.9 Å². The number of nitrogens with one attached hydrogen (secondary N) is 2. The highest BCUT2D eigenvalue weighted by Crippen LogP contribution is 2.38. The number of hydrogen-bond acceptors (Lipinski definition) is 5. The zero-order chi connectivity index (χ0) is 22.1. The number of anilines is 4. The number of hydrogen-bond donors (Lipinski definition) is 3. The lowest BCUT2D eigenvalue weighted by atomic mass is 10.1. The summed E-state index contributed by atoms with van der Waals surface area (Å²) in [6.07, 6.45) is -2.40. The molecule has 0 atom stereocenters. The van der Waals surface area contributed by atoms with E-state index in [2.05, 4.69) is 20.7 Å². The van der Waals surface area contributed by atoms with Gasteiger partial charge in [0, 0.05) is 25.5 Å². The summed E-state index contributed by atoms with van der Waals surface area (Å²) < 4.78 is 55.1. The number of rotatable bonds is 6. The molecule has 0 fully saturated rings. The summed E-state index contributed by atoms with van der Waals surface area (Å²) in [7, 11) is 1.70. The number of aromatic nitrogens is 3. The van der Waals surface area contributed by atoms with Crippen molar-refractivity contribution in [2.24, 2.45) is 12.8 Å². The van der Waals surface area contributed by atoms with Crippen molar-refractivity contribution in [3.05, 3.63) is 59.0 Å². The van der Waals surface area contributed by atoms with Crippen LogP contribution in [0.4, 0.5) is 40.4 Å². The van der Waals surface area contributed by atoms with Crippen molar-refractivity contribution in [3.63, 3.8) is 0 Å².